The van der Waals surface area contributed by atoms with Crippen molar-refractivity contribution in [3.63, 3.8) is 0 Å². The van der Waals surface area contributed by atoms with Crippen LogP contribution in [0.4, 0.5) is 0 Å². The Morgan fingerprint density at radius 3 is 2.71 bits per heavy atom. The number of phenols is 1. The fraction of sp³-hybridized carbons (Fsp3) is 0.269. The van der Waals surface area contributed by atoms with Crippen LogP contribution < -0.4 is 10.2 Å². The highest BCUT2D eigenvalue weighted by atomic mass is 16.5. The predicted molar refractivity (Wildman–Crippen MR) is 125 cm³/mol. The summed E-state index contributed by atoms with van der Waals surface area (Å²) in [5, 5.41) is 11.2. The van der Waals surface area contributed by atoms with Crippen LogP contribution in [0.3, 0.4) is 0 Å². The smallest absolute Gasteiger partial charge is 0.306 e. The average Bonchev–Trinajstić information content (AvgIpc) is 3.18. The van der Waals surface area contributed by atoms with Crippen molar-refractivity contribution in [3.8, 4) is 11.5 Å². The molecule has 0 radical (unpaired) electrons. The standard InChI is InChI=1S/C26H23NO8/c1-32-22(29)12-17(18-14-34-20-5-3-2-4-15(20)24(18)30)23-19(28)7-6-16-25(31)21(35-26(16)23)13-27-8-10-33-11-9-27/h2-7,13-14,17,28H,8-12H2,1H3. The minimum absolute atomic E-state index is 0.0936. The van der Waals surface area contributed by atoms with Crippen LogP contribution in [0.15, 0.2) is 63.8 Å². The van der Waals surface area contributed by atoms with Crippen LogP contribution in [-0.4, -0.2) is 55.2 Å². The Morgan fingerprint density at radius 2 is 1.94 bits per heavy atom. The van der Waals surface area contributed by atoms with Crippen LogP contribution in [0.2, 0.25) is 0 Å². The number of aromatic hydroxyl groups is 1. The van der Waals surface area contributed by atoms with E-state index in [0.29, 0.717) is 37.3 Å². The number of hydrogen-bond acceptors (Lipinski definition) is 9. The minimum atomic E-state index is -0.978. The second kappa shape index (κ2) is 9.27. The maximum atomic E-state index is 13.4. The van der Waals surface area contributed by atoms with Crippen LogP contribution >= 0.6 is 0 Å². The Bertz CT molecular complexity index is 1400. The molecule has 0 spiro atoms. The Hall–Kier alpha value is -4.11. The van der Waals surface area contributed by atoms with Crippen molar-refractivity contribution >= 4 is 22.7 Å². The molecule has 9 heteroatoms. The molecule has 0 saturated carbocycles. The highest BCUT2D eigenvalue weighted by Gasteiger charge is 2.37. The molecule has 0 aliphatic carbocycles. The SMILES string of the molecule is COC(=O)CC(c1c(O)ccc2c1OC(=CN1CCOCC1)C2=O)c1coc2ccccc2c1=O. The number of rotatable bonds is 5. The van der Waals surface area contributed by atoms with Crippen LogP contribution in [0.25, 0.3) is 11.0 Å². The van der Waals surface area contributed by atoms with E-state index in [1.54, 1.807) is 30.5 Å². The Morgan fingerprint density at radius 1 is 1.17 bits per heavy atom. The lowest BCUT2D eigenvalue weighted by molar-refractivity contribution is -0.140. The van der Waals surface area contributed by atoms with E-state index in [1.165, 1.54) is 25.5 Å². The molecular formula is C26H23NO8. The van der Waals surface area contributed by atoms with Gasteiger partial charge in [0.2, 0.25) is 5.78 Å². The zero-order valence-electron chi connectivity index (χ0n) is 19.0. The largest absolute Gasteiger partial charge is 0.508 e. The number of para-hydroxylation sites is 1. The maximum Gasteiger partial charge on any atom is 0.306 e. The summed E-state index contributed by atoms with van der Waals surface area (Å²) in [6, 6.07) is 9.57. The number of Topliss-reactive ketones (excluding diaryl/α,β-unsaturated/α-hetero) is 1. The first-order valence-electron chi connectivity index (χ1n) is 11.2. The first kappa shape index (κ1) is 22.7. The molecule has 180 valence electrons. The van der Waals surface area contributed by atoms with Crippen LogP contribution in [0, 0.1) is 0 Å². The molecule has 1 saturated heterocycles. The van der Waals surface area contributed by atoms with Crippen molar-refractivity contribution in [2.24, 2.45) is 0 Å². The summed E-state index contributed by atoms with van der Waals surface area (Å²) >= 11 is 0. The number of carbonyl (C=O) groups is 2. The molecule has 3 aromatic rings. The zero-order chi connectivity index (χ0) is 24.5. The first-order valence-corrected chi connectivity index (χ1v) is 11.2. The van der Waals surface area contributed by atoms with E-state index in [4.69, 9.17) is 18.6 Å². The summed E-state index contributed by atoms with van der Waals surface area (Å²) in [5.74, 6) is -1.95. The molecule has 2 aliphatic rings. The van der Waals surface area contributed by atoms with Gasteiger partial charge in [-0.05, 0) is 24.3 Å². The summed E-state index contributed by atoms with van der Waals surface area (Å²) in [7, 11) is 1.24. The van der Waals surface area contributed by atoms with Crippen molar-refractivity contribution in [1.82, 2.24) is 4.90 Å². The van der Waals surface area contributed by atoms with Crippen molar-refractivity contribution in [2.45, 2.75) is 12.3 Å². The molecule has 1 unspecified atom stereocenters. The highest BCUT2D eigenvalue weighted by Crippen LogP contribution is 2.46. The van der Waals surface area contributed by atoms with E-state index in [9.17, 15) is 19.5 Å². The molecule has 0 amide bonds. The van der Waals surface area contributed by atoms with E-state index in [1.807, 2.05) is 4.90 Å². The number of hydrogen-bond donors (Lipinski definition) is 1. The van der Waals surface area contributed by atoms with E-state index in [0.717, 1.165) is 0 Å². The molecular weight excluding hydrogens is 454 g/mol. The van der Waals surface area contributed by atoms with Gasteiger partial charge in [-0.3, -0.25) is 14.4 Å². The minimum Gasteiger partial charge on any atom is -0.508 e. The molecule has 9 nitrogen and oxygen atoms in total. The van der Waals surface area contributed by atoms with Crippen molar-refractivity contribution in [1.29, 1.82) is 0 Å². The second-order valence-corrected chi connectivity index (χ2v) is 8.30. The Balaban J connectivity index is 1.64. The van der Waals surface area contributed by atoms with Gasteiger partial charge in [0.05, 0.1) is 44.0 Å². The molecule has 1 N–H and O–H groups in total. The van der Waals surface area contributed by atoms with Gasteiger partial charge in [-0.15, -0.1) is 0 Å². The zero-order valence-corrected chi connectivity index (χ0v) is 19.0. The topological polar surface area (TPSA) is 116 Å². The fourth-order valence-electron chi connectivity index (χ4n) is 4.41. The third-order valence-corrected chi connectivity index (χ3v) is 6.23. The summed E-state index contributed by atoms with van der Waals surface area (Å²) in [4.78, 5) is 40.8. The number of carbonyl (C=O) groups excluding carboxylic acids is 2. The van der Waals surface area contributed by atoms with Gasteiger partial charge in [0.25, 0.3) is 0 Å². The average molecular weight is 477 g/mol. The van der Waals surface area contributed by atoms with E-state index in [2.05, 4.69) is 0 Å². The number of benzene rings is 2. The predicted octanol–water partition coefficient (Wildman–Crippen LogP) is 2.94. The molecule has 0 bridgehead atoms. The third kappa shape index (κ3) is 4.15. The maximum absolute atomic E-state index is 13.4. The number of esters is 1. The lowest BCUT2D eigenvalue weighted by Gasteiger charge is -2.25. The van der Waals surface area contributed by atoms with Crippen LogP contribution in [0.1, 0.15) is 33.8 Å². The molecule has 1 aromatic heterocycles. The van der Waals surface area contributed by atoms with Gasteiger partial charge in [0, 0.05) is 36.3 Å². The van der Waals surface area contributed by atoms with E-state index in [-0.39, 0.29) is 51.6 Å². The summed E-state index contributed by atoms with van der Waals surface area (Å²) in [6.45, 7) is 2.29. The molecule has 2 aliphatic heterocycles. The summed E-state index contributed by atoms with van der Waals surface area (Å²) < 4.78 is 21.8. The van der Waals surface area contributed by atoms with Gasteiger partial charge in [-0.25, -0.2) is 0 Å². The monoisotopic (exact) mass is 477 g/mol. The van der Waals surface area contributed by atoms with Gasteiger partial charge in [0.15, 0.2) is 11.2 Å². The Kier molecular flexibility index (Phi) is 6.00. The number of nitrogens with zero attached hydrogens (tertiary/aromatic N) is 1. The fourth-order valence-corrected chi connectivity index (χ4v) is 4.41. The third-order valence-electron chi connectivity index (χ3n) is 6.23. The van der Waals surface area contributed by atoms with Crippen LogP contribution in [0.5, 0.6) is 11.5 Å². The molecule has 3 heterocycles. The lowest BCUT2D eigenvalue weighted by Crippen LogP contribution is -2.32. The quantitative estimate of drug-likeness (QED) is 0.437. The number of phenolic OH excluding ortho intramolecular Hbond substituents is 1. The molecule has 2 aromatic carbocycles. The van der Waals surface area contributed by atoms with E-state index < -0.39 is 11.9 Å². The van der Waals surface area contributed by atoms with Crippen LogP contribution in [-0.2, 0) is 14.3 Å². The lowest BCUT2D eigenvalue weighted by atomic mass is 9.86. The number of fused-ring (bicyclic) bond motifs is 2. The number of allylic oxidation sites excluding steroid dienone is 1. The number of ketones is 1. The van der Waals surface area contributed by atoms with Crippen molar-refractivity contribution in [3.05, 3.63) is 81.5 Å². The molecule has 5 rings (SSSR count). The van der Waals surface area contributed by atoms with Gasteiger partial charge in [-0.1, -0.05) is 12.1 Å². The van der Waals surface area contributed by atoms with E-state index >= 15 is 0 Å². The van der Waals surface area contributed by atoms with Gasteiger partial charge in [0.1, 0.15) is 17.1 Å². The van der Waals surface area contributed by atoms with Gasteiger partial charge in [-0.2, -0.15) is 0 Å². The summed E-state index contributed by atoms with van der Waals surface area (Å²) in [6.07, 6.45) is 2.63. The molecule has 1 atom stereocenters. The molecule has 1 fully saturated rings. The number of ether oxygens (including phenoxy) is 3. The van der Waals surface area contributed by atoms with Gasteiger partial charge >= 0.3 is 5.97 Å². The van der Waals surface area contributed by atoms with Crippen molar-refractivity contribution < 1.29 is 33.3 Å². The number of morpholine rings is 1. The van der Waals surface area contributed by atoms with Gasteiger partial charge < -0.3 is 28.6 Å². The normalized spacial score (nSPS) is 17.3. The highest BCUT2D eigenvalue weighted by molar-refractivity contribution is 6.12. The first-order chi connectivity index (χ1) is 17.0. The Labute approximate surface area is 200 Å². The second-order valence-electron chi connectivity index (χ2n) is 8.30. The molecule has 35 heavy (non-hydrogen) atoms. The van der Waals surface area contributed by atoms with Crippen molar-refractivity contribution in [2.75, 3.05) is 33.4 Å². The summed E-state index contributed by atoms with van der Waals surface area (Å²) in [5.41, 5.74) is 0.555. The number of methoxy groups -OCH3 is 1.